The minimum absolute atomic E-state index is 0.0438. The van der Waals surface area contributed by atoms with Crippen molar-refractivity contribution < 1.29 is 14.2 Å². The van der Waals surface area contributed by atoms with Gasteiger partial charge in [0.1, 0.15) is 25.1 Å². The predicted molar refractivity (Wildman–Crippen MR) is 135 cm³/mol. The maximum atomic E-state index is 6.21. The molecule has 0 radical (unpaired) electrons. The molecule has 0 aromatic heterocycles. The van der Waals surface area contributed by atoms with Gasteiger partial charge in [0, 0.05) is 51.0 Å². The Morgan fingerprint density at radius 1 is 0.882 bits per heavy atom. The van der Waals surface area contributed by atoms with E-state index in [4.69, 9.17) is 14.2 Å². The van der Waals surface area contributed by atoms with Crippen molar-refractivity contribution in [2.24, 2.45) is 0 Å². The number of nitrogens with zero attached hydrogens (tertiary/aromatic N) is 2. The van der Waals surface area contributed by atoms with Crippen LogP contribution in [0.2, 0.25) is 0 Å². The van der Waals surface area contributed by atoms with Gasteiger partial charge in [0.15, 0.2) is 11.5 Å². The molecule has 0 saturated carbocycles. The maximum absolute atomic E-state index is 6.21. The van der Waals surface area contributed by atoms with Crippen LogP contribution in [0.1, 0.15) is 11.1 Å². The summed E-state index contributed by atoms with van der Waals surface area (Å²) in [6.45, 7) is 6.96. The quantitative estimate of drug-likeness (QED) is 0.551. The van der Waals surface area contributed by atoms with Crippen LogP contribution < -0.4 is 24.4 Å². The largest absolute Gasteiger partial charge is 0.489 e. The van der Waals surface area contributed by atoms with E-state index < -0.39 is 0 Å². The average Bonchev–Trinajstić information content (AvgIpc) is 2.88. The van der Waals surface area contributed by atoms with E-state index in [2.05, 4.69) is 58.6 Å². The minimum Gasteiger partial charge on any atom is -0.489 e. The minimum atomic E-state index is -0.0438. The molecule has 0 bridgehead atoms. The van der Waals surface area contributed by atoms with Gasteiger partial charge in [0.05, 0.1) is 0 Å². The molecule has 1 fully saturated rings. The molecule has 2 heterocycles. The van der Waals surface area contributed by atoms with Gasteiger partial charge in [-0.3, -0.25) is 0 Å². The lowest BCUT2D eigenvalue weighted by Gasteiger charge is -2.34. The first-order valence-corrected chi connectivity index (χ1v) is 12.1. The Morgan fingerprint density at radius 3 is 2.56 bits per heavy atom. The Bertz CT molecular complexity index is 1070. The molecule has 34 heavy (non-hydrogen) atoms. The lowest BCUT2D eigenvalue weighted by molar-refractivity contribution is 0.0896. The lowest BCUT2D eigenvalue weighted by atomic mass is 10.1. The van der Waals surface area contributed by atoms with E-state index in [1.54, 1.807) is 0 Å². The first kappa shape index (κ1) is 22.6. The number of likely N-dealkylation sites (N-methyl/N-ethyl adjacent to an activating group) is 1. The Hall–Kier alpha value is -3.22. The summed E-state index contributed by atoms with van der Waals surface area (Å²) < 4.78 is 18.1. The van der Waals surface area contributed by atoms with Gasteiger partial charge in [-0.05, 0) is 42.4 Å². The fourth-order valence-corrected chi connectivity index (χ4v) is 4.33. The van der Waals surface area contributed by atoms with Crippen molar-refractivity contribution in [1.29, 1.82) is 0 Å². The molecule has 0 spiro atoms. The molecule has 1 saturated heterocycles. The standard InChI is InChI=1S/C28H33N3O3/c1-30-12-14-31(15-13-30)24-9-5-8-23(16-24)18-29-19-26-21-33-27-11-10-25(17-28(27)34-26)32-20-22-6-3-2-4-7-22/h2-11,16-17,26,29H,12-15,18-21H2,1H3/t26-/m1/s1. The Labute approximate surface area is 202 Å². The van der Waals surface area contributed by atoms with Crippen LogP contribution in [0.15, 0.2) is 72.8 Å². The SMILES string of the molecule is CN1CCN(c2cccc(CNC[C@@H]3COc4ccc(OCc5ccccc5)cc4O3)c2)CC1. The van der Waals surface area contributed by atoms with Crippen molar-refractivity contribution in [3.8, 4) is 17.2 Å². The third-order valence-electron chi connectivity index (χ3n) is 6.36. The topological polar surface area (TPSA) is 46.2 Å². The van der Waals surface area contributed by atoms with Crippen LogP contribution in [0, 0.1) is 0 Å². The van der Waals surface area contributed by atoms with Gasteiger partial charge in [-0.15, -0.1) is 0 Å². The van der Waals surface area contributed by atoms with Crippen LogP contribution in [0.3, 0.4) is 0 Å². The van der Waals surface area contributed by atoms with Crippen molar-refractivity contribution in [2.45, 2.75) is 19.3 Å². The molecular weight excluding hydrogens is 426 g/mol. The zero-order valence-corrected chi connectivity index (χ0v) is 19.8. The van der Waals surface area contributed by atoms with Gasteiger partial charge in [0.25, 0.3) is 0 Å². The van der Waals surface area contributed by atoms with Gasteiger partial charge in [-0.1, -0.05) is 42.5 Å². The zero-order chi connectivity index (χ0) is 23.2. The number of hydrogen-bond acceptors (Lipinski definition) is 6. The number of hydrogen-bond donors (Lipinski definition) is 1. The van der Waals surface area contributed by atoms with Gasteiger partial charge in [-0.2, -0.15) is 0 Å². The second-order valence-corrected chi connectivity index (χ2v) is 9.02. The molecule has 0 unspecified atom stereocenters. The molecule has 6 heteroatoms. The van der Waals surface area contributed by atoms with Crippen molar-refractivity contribution >= 4 is 5.69 Å². The highest BCUT2D eigenvalue weighted by molar-refractivity contribution is 5.49. The molecular formula is C28H33N3O3. The fraction of sp³-hybridized carbons (Fsp3) is 0.357. The number of nitrogens with one attached hydrogen (secondary N) is 1. The van der Waals surface area contributed by atoms with E-state index >= 15 is 0 Å². The van der Waals surface area contributed by atoms with E-state index in [9.17, 15) is 0 Å². The van der Waals surface area contributed by atoms with E-state index in [1.165, 1.54) is 11.3 Å². The zero-order valence-electron chi connectivity index (χ0n) is 19.8. The van der Waals surface area contributed by atoms with Crippen LogP contribution in [-0.4, -0.2) is 57.4 Å². The molecule has 5 rings (SSSR count). The van der Waals surface area contributed by atoms with E-state index in [0.717, 1.165) is 55.5 Å². The third-order valence-corrected chi connectivity index (χ3v) is 6.36. The summed E-state index contributed by atoms with van der Waals surface area (Å²) in [4.78, 5) is 4.85. The average molecular weight is 460 g/mol. The summed E-state index contributed by atoms with van der Waals surface area (Å²) in [6, 6.07) is 24.8. The summed E-state index contributed by atoms with van der Waals surface area (Å²) in [5.41, 5.74) is 3.72. The number of ether oxygens (including phenoxy) is 3. The first-order chi connectivity index (χ1) is 16.7. The van der Waals surface area contributed by atoms with Crippen LogP contribution in [0.5, 0.6) is 17.2 Å². The molecule has 3 aromatic carbocycles. The number of benzene rings is 3. The van der Waals surface area contributed by atoms with Crippen LogP contribution >= 0.6 is 0 Å². The highest BCUT2D eigenvalue weighted by atomic mass is 16.6. The van der Waals surface area contributed by atoms with E-state index in [1.807, 2.05) is 36.4 Å². The van der Waals surface area contributed by atoms with Crippen molar-refractivity contribution in [1.82, 2.24) is 10.2 Å². The van der Waals surface area contributed by atoms with Crippen LogP contribution in [-0.2, 0) is 13.2 Å². The molecule has 178 valence electrons. The van der Waals surface area contributed by atoms with Gasteiger partial charge in [0.2, 0.25) is 0 Å². The van der Waals surface area contributed by atoms with Gasteiger partial charge >= 0.3 is 0 Å². The Balaban J connectivity index is 1.11. The monoisotopic (exact) mass is 459 g/mol. The summed E-state index contributed by atoms with van der Waals surface area (Å²) in [5, 5.41) is 3.54. The summed E-state index contributed by atoms with van der Waals surface area (Å²) >= 11 is 0. The number of rotatable bonds is 8. The fourth-order valence-electron chi connectivity index (χ4n) is 4.33. The molecule has 6 nitrogen and oxygen atoms in total. The Morgan fingerprint density at radius 2 is 1.71 bits per heavy atom. The first-order valence-electron chi connectivity index (χ1n) is 12.1. The number of fused-ring (bicyclic) bond motifs is 1. The molecule has 1 N–H and O–H groups in total. The predicted octanol–water partition coefficient (Wildman–Crippen LogP) is 3.95. The van der Waals surface area contributed by atoms with Gasteiger partial charge in [-0.25, -0.2) is 0 Å². The smallest absolute Gasteiger partial charge is 0.165 e. The van der Waals surface area contributed by atoms with Crippen molar-refractivity contribution in [3.63, 3.8) is 0 Å². The molecule has 0 aliphatic carbocycles. The molecule has 0 amide bonds. The second kappa shape index (κ2) is 10.8. The van der Waals surface area contributed by atoms with Crippen LogP contribution in [0.25, 0.3) is 0 Å². The molecule has 2 aliphatic rings. The maximum Gasteiger partial charge on any atom is 0.165 e. The lowest BCUT2D eigenvalue weighted by Crippen LogP contribution is -2.44. The summed E-state index contributed by atoms with van der Waals surface area (Å²) in [7, 11) is 2.19. The normalized spacial score (nSPS) is 18.0. The highest BCUT2D eigenvalue weighted by Crippen LogP contribution is 2.35. The molecule has 2 aliphatic heterocycles. The summed E-state index contributed by atoms with van der Waals surface area (Å²) in [6.07, 6.45) is -0.0438. The highest BCUT2D eigenvalue weighted by Gasteiger charge is 2.21. The van der Waals surface area contributed by atoms with Crippen LogP contribution in [0.4, 0.5) is 5.69 Å². The van der Waals surface area contributed by atoms with Gasteiger partial charge < -0.3 is 29.3 Å². The second-order valence-electron chi connectivity index (χ2n) is 9.02. The Kier molecular flexibility index (Phi) is 7.17. The number of anilines is 1. The third kappa shape index (κ3) is 5.82. The van der Waals surface area contributed by atoms with E-state index in [-0.39, 0.29) is 6.10 Å². The molecule has 3 aromatic rings. The van der Waals surface area contributed by atoms with E-state index in [0.29, 0.717) is 19.8 Å². The molecule has 1 atom stereocenters. The number of piperazine rings is 1. The van der Waals surface area contributed by atoms with Crippen molar-refractivity contribution in [3.05, 3.63) is 83.9 Å². The van der Waals surface area contributed by atoms with Crippen molar-refractivity contribution in [2.75, 3.05) is 51.3 Å². The summed E-state index contributed by atoms with van der Waals surface area (Å²) in [5.74, 6) is 2.28.